The molecule has 4 atom stereocenters. The summed E-state index contributed by atoms with van der Waals surface area (Å²) < 4.78 is 11.4. The van der Waals surface area contributed by atoms with Gasteiger partial charge in [-0.25, -0.2) is 0 Å². The molecule has 10 nitrogen and oxygen atoms in total. The number of allylic oxidation sites excluding steroid dienone is 1. The van der Waals surface area contributed by atoms with E-state index in [4.69, 9.17) is 15.2 Å². The molecule has 0 bridgehead atoms. The number of hydrogen-bond donors (Lipinski definition) is 5. The van der Waals surface area contributed by atoms with E-state index in [1.807, 2.05) is 0 Å². The molecule has 0 spiro atoms. The first-order chi connectivity index (χ1) is 17.5. The maximum absolute atomic E-state index is 13.6. The van der Waals surface area contributed by atoms with Gasteiger partial charge < -0.3 is 35.8 Å². The highest BCUT2D eigenvalue weighted by Gasteiger charge is 2.62. The number of benzene rings is 2. The molecule has 3 aliphatic rings. The van der Waals surface area contributed by atoms with Crippen molar-refractivity contribution in [3.63, 3.8) is 0 Å². The monoisotopic (exact) mass is 506 g/mol. The number of methoxy groups -OCH3 is 1. The molecule has 37 heavy (non-hydrogen) atoms. The van der Waals surface area contributed by atoms with Crippen LogP contribution in [-0.2, 0) is 9.59 Å². The molecule has 4 unspecified atom stereocenters. The average Bonchev–Trinajstić information content (AvgIpc) is 2.84. The number of fused-ring (bicyclic) bond motifs is 3. The Labute approximate surface area is 212 Å². The van der Waals surface area contributed by atoms with Crippen molar-refractivity contribution in [2.75, 3.05) is 12.4 Å². The Morgan fingerprint density at radius 3 is 2.38 bits per heavy atom. The summed E-state index contributed by atoms with van der Waals surface area (Å²) in [5, 5.41) is 36.3. The summed E-state index contributed by atoms with van der Waals surface area (Å²) in [4.78, 5) is 39.4. The average molecular weight is 507 g/mol. The zero-order chi connectivity index (χ0) is 26.8. The molecule has 1 aliphatic heterocycles. The largest absolute Gasteiger partial charge is 0.511 e. The van der Waals surface area contributed by atoms with Gasteiger partial charge in [0.1, 0.15) is 46.0 Å². The van der Waals surface area contributed by atoms with Crippen LogP contribution in [0.1, 0.15) is 24.2 Å². The Morgan fingerprint density at radius 2 is 1.76 bits per heavy atom. The number of nitrogens with one attached hydrogen (secondary N) is 1. The van der Waals surface area contributed by atoms with Crippen LogP contribution in [0.15, 0.2) is 65.1 Å². The van der Waals surface area contributed by atoms with Crippen molar-refractivity contribution in [1.82, 2.24) is 0 Å². The Hall–Kier alpha value is -4.47. The summed E-state index contributed by atoms with van der Waals surface area (Å²) in [5.41, 5.74) is 3.96. The number of aliphatic hydroxyl groups excluding tert-OH is 2. The van der Waals surface area contributed by atoms with Gasteiger partial charge >= 0.3 is 0 Å². The van der Waals surface area contributed by atoms with Crippen LogP contribution in [0, 0.1) is 17.3 Å². The molecule has 1 amide bonds. The van der Waals surface area contributed by atoms with Crippen molar-refractivity contribution in [1.29, 1.82) is 0 Å². The lowest BCUT2D eigenvalue weighted by molar-refractivity contribution is -0.130. The number of amides is 1. The number of ketones is 2. The summed E-state index contributed by atoms with van der Waals surface area (Å²) >= 11 is 0. The number of Topliss-reactive ketones (excluding diaryl/α,β-unsaturated/α-hetero) is 2. The lowest BCUT2D eigenvalue weighted by Gasteiger charge is -2.53. The zero-order valence-electron chi connectivity index (χ0n) is 20.3. The van der Waals surface area contributed by atoms with Gasteiger partial charge in [-0.15, -0.1) is 0 Å². The van der Waals surface area contributed by atoms with Gasteiger partial charge in [0.2, 0.25) is 5.78 Å². The molecule has 0 aromatic heterocycles. The van der Waals surface area contributed by atoms with Gasteiger partial charge in [0.15, 0.2) is 5.78 Å². The van der Waals surface area contributed by atoms with Crippen LogP contribution in [0.25, 0.3) is 0 Å². The fraction of sp³-hybridized carbons (Fsp3) is 0.296. The number of carbonyl (C=O) groups excluding carboxylic acids is 3. The predicted octanol–water partition coefficient (Wildman–Crippen LogP) is 2.79. The van der Waals surface area contributed by atoms with Crippen LogP contribution in [0.5, 0.6) is 17.2 Å². The molecular weight excluding hydrogens is 480 g/mol. The summed E-state index contributed by atoms with van der Waals surface area (Å²) in [6, 6.07) is 10.5. The van der Waals surface area contributed by atoms with Crippen molar-refractivity contribution >= 4 is 23.2 Å². The normalized spacial score (nSPS) is 26.0. The van der Waals surface area contributed by atoms with Gasteiger partial charge in [-0.1, -0.05) is 32.0 Å². The van der Waals surface area contributed by atoms with E-state index < -0.39 is 69.7 Å². The number of ether oxygens (including phenoxy) is 2. The summed E-state index contributed by atoms with van der Waals surface area (Å²) in [7, 11) is 1.40. The molecule has 2 aromatic rings. The van der Waals surface area contributed by atoms with Crippen molar-refractivity contribution < 1.29 is 39.2 Å². The maximum Gasteiger partial charge on any atom is 0.255 e. The summed E-state index contributed by atoms with van der Waals surface area (Å²) in [5.74, 6) is -6.24. The number of primary amides is 1. The van der Waals surface area contributed by atoms with Crippen LogP contribution in [-0.4, -0.2) is 52.0 Å². The van der Waals surface area contributed by atoms with Crippen molar-refractivity contribution in [3.8, 4) is 17.2 Å². The van der Waals surface area contributed by atoms with Crippen LogP contribution in [0.4, 0.5) is 5.69 Å². The van der Waals surface area contributed by atoms with Gasteiger partial charge in [-0.3, -0.25) is 14.4 Å². The fourth-order valence-corrected chi connectivity index (χ4v) is 5.81. The standard InChI is InChI=1S/C27H26N2O8/c1-27(2)19-16(23(33)18(26(28)35)24(34)20(19)29-11-7-5-4-6-8-11)22(32)17-21(31)15-13(30)9-12(36-3)10-14(15)37-25(17)27/h4-10,16,19-20,25,29-30,32,34H,1-3H3,(H2,28,35). The molecule has 0 saturated carbocycles. The number of aromatic hydroxyl groups is 1. The van der Waals surface area contributed by atoms with Crippen LogP contribution in [0.3, 0.4) is 0 Å². The first-order valence-electron chi connectivity index (χ1n) is 11.6. The predicted molar refractivity (Wildman–Crippen MR) is 132 cm³/mol. The number of nitrogens with two attached hydrogens (primary N) is 1. The number of rotatable bonds is 4. The van der Waals surface area contributed by atoms with E-state index >= 15 is 0 Å². The Kier molecular flexibility index (Phi) is 5.43. The first kappa shape index (κ1) is 24.2. The van der Waals surface area contributed by atoms with E-state index in [-0.39, 0.29) is 22.6 Å². The summed E-state index contributed by atoms with van der Waals surface area (Å²) in [6.07, 6.45) is -1.06. The van der Waals surface area contributed by atoms with Crippen LogP contribution >= 0.6 is 0 Å². The third kappa shape index (κ3) is 3.43. The number of phenols is 1. The van der Waals surface area contributed by atoms with E-state index in [0.717, 1.165) is 0 Å². The molecule has 0 fully saturated rings. The lowest BCUT2D eigenvalue weighted by atomic mass is 9.54. The van der Waals surface area contributed by atoms with Crippen LogP contribution in [0.2, 0.25) is 0 Å². The fourth-order valence-electron chi connectivity index (χ4n) is 5.81. The van der Waals surface area contributed by atoms with E-state index in [1.165, 1.54) is 19.2 Å². The molecule has 5 rings (SSSR count). The molecule has 192 valence electrons. The van der Waals surface area contributed by atoms with Crippen molar-refractivity contribution in [2.24, 2.45) is 23.0 Å². The van der Waals surface area contributed by atoms with Crippen molar-refractivity contribution in [2.45, 2.75) is 26.0 Å². The molecule has 2 aliphatic carbocycles. The topological polar surface area (TPSA) is 168 Å². The number of aliphatic hydroxyl groups is 2. The first-order valence-corrected chi connectivity index (χ1v) is 11.6. The minimum absolute atomic E-state index is 0.0576. The molecule has 0 radical (unpaired) electrons. The third-order valence-electron chi connectivity index (χ3n) is 7.51. The van der Waals surface area contributed by atoms with E-state index in [1.54, 1.807) is 44.2 Å². The Bertz CT molecular complexity index is 1410. The van der Waals surface area contributed by atoms with Crippen LogP contribution < -0.4 is 20.5 Å². The zero-order valence-corrected chi connectivity index (χ0v) is 20.3. The highest BCUT2D eigenvalue weighted by Crippen LogP contribution is 2.56. The minimum atomic E-state index is -1.38. The van der Waals surface area contributed by atoms with E-state index in [0.29, 0.717) is 5.69 Å². The Balaban J connectivity index is 1.73. The minimum Gasteiger partial charge on any atom is -0.511 e. The van der Waals surface area contributed by atoms with E-state index in [2.05, 4.69) is 5.32 Å². The smallest absolute Gasteiger partial charge is 0.255 e. The van der Waals surface area contributed by atoms with Crippen molar-refractivity contribution in [3.05, 3.63) is 70.7 Å². The van der Waals surface area contributed by atoms with Gasteiger partial charge in [0, 0.05) is 29.2 Å². The highest BCUT2D eigenvalue weighted by molar-refractivity contribution is 6.22. The Morgan fingerprint density at radius 1 is 1.08 bits per heavy atom. The number of carbonyl (C=O) groups is 3. The second-order valence-electron chi connectivity index (χ2n) is 9.95. The van der Waals surface area contributed by atoms with E-state index in [9.17, 15) is 29.7 Å². The molecular formula is C27H26N2O8. The second-order valence-corrected chi connectivity index (χ2v) is 9.95. The number of hydrogen-bond acceptors (Lipinski definition) is 9. The second kappa shape index (κ2) is 8.29. The third-order valence-corrected chi connectivity index (χ3v) is 7.51. The summed E-state index contributed by atoms with van der Waals surface area (Å²) in [6.45, 7) is 3.49. The molecule has 6 N–H and O–H groups in total. The maximum atomic E-state index is 13.6. The molecule has 1 heterocycles. The number of anilines is 1. The lowest BCUT2D eigenvalue weighted by Crippen LogP contribution is -2.61. The molecule has 0 saturated heterocycles. The molecule has 10 heteroatoms. The number of phenolic OH excluding ortho intramolecular Hbond substituents is 1. The van der Waals surface area contributed by atoms with Gasteiger partial charge in [0.25, 0.3) is 5.91 Å². The highest BCUT2D eigenvalue weighted by atomic mass is 16.5. The van der Waals surface area contributed by atoms with Gasteiger partial charge in [0.05, 0.1) is 24.6 Å². The van der Waals surface area contributed by atoms with Gasteiger partial charge in [-0.05, 0) is 12.1 Å². The SMILES string of the molecule is COc1cc(O)c2c(c1)OC1C(=C(O)C3C(=O)C(C(N)=O)=C(O)C(Nc4ccccc4)C3C1(C)C)C2=O. The number of para-hydroxylation sites is 1. The van der Waals surface area contributed by atoms with Gasteiger partial charge in [-0.2, -0.15) is 0 Å². The molecule has 2 aromatic carbocycles. The quantitative estimate of drug-likeness (QED) is 0.392.